The van der Waals surface area contributed by atoms with Gasteiger partial charge in [-0.25, -0.2) is 18.1 Å². The molecule has 1 fully saturated rings. The topological polar surface area (TPSA) is 236 Å². The van der Waals surface area contributed by atoms with E-state index in [1.165, 1.54) is 9.47 Å². The number of fused-ring (bicyclic) bond motifs is 5. The molecule has 5 rings (SSSR count). The molecular weight excluding hydrogens is 707 g/mol. The van der Waals surface area contributed by atoms with Gasteiger partial charge in [0, 0.05) is 49.9 Å². The lowest BCUT2D eigenvalue weighted by atomic mass is 9.84. The number of hydrogen-bond acceptors (Lipinski definition) is 11. The van der Waals surface area contributed by atoms with Crippen LogP contribution in [0.25, 0.3) is 0 Å². The second kappa shape index (κ2) is 14.7. The number of aliphatic carboxylic acids is 1. The number of carbonyl (C=O) groups excluding carboxylic acids is 3. The molecule has 1 spiro atoms. The van der Waals surface area contributed by atoms with Crippen molar-refractivity contribution >= 4 is 37.4 Å². The number of hydrogen-bond donors (Lipinski definition) is 4. The number of benzene rings is 1. The molecule has 3 aliphatic rings. The third-order valence-electron chi connectivity index (χ3n) is 8.71. The van der Waals surface area contributed by atoms with Crippen LogP contribution in [0.1, 0.15) is 65.6 Å². The molecule has 51 heavy (non-hydrogen) atoms. The molecule has 4 N–H and O–H groups in total. The fourth-order valence-corrected chi connectivity index (χ4v) is 6.56. The van der Waals surface area contributed by atoms with Crippen molar-refractivity contribution in [1.29, 1.82) is 0 Å². The monoisotopic (exact) mass is 741 g/mol. The van der Waals surface area contributed by atoms with Crippen molar-refractivity contribution in [3.8, 4) is 5.75 Å². The lowest BCUT2D eigenvalue weighted by Crippen LogP contribution is -2.52. The van der Waals surface area contributed by atoms with Crippen molar-refractivity contribution < 1.29 is 66.3 Å². The number of ether oxygens (including phenoxy) is 2. The summed E-state index contributed by atoms with van der Waals surface area (Å²) < 4.78 is 55.0. The summed E-state index contributed by atoms with van der Waals surface area (Å²) >= 11 is 0. The summed E-state index contributed by atoms with van der Waals surface area (Å²) in [4.78, 5) is 91.3. The molecule has 2 bridgehead atoms. The number of halogens is 2. The van der Waals surface area contributed by atoms with E-state index in [4.69, 9.17) is 24.1 Å². The van der Waals surface area contributed by atoms with Gasteiger partial charge in [0.05, 0.1) is 18.4 Å². The van der Waals surface area contributed by atoms with Gasteiger partial charge in [-0.2, -0.15) is 0 Å². The van der Waals surface area contributed by atoms with Crippen LogP contribution in [0.5, 0.6) is 5.75 Å². The van der Waals surface area contributed by atoms with E-state index in [9.17, 15) is 42.4 Å². The van der Waals surface area contributed by atoms with Gasteiger partial charge in [-0.1, -0.05) is 11.2 Å². The molecule has 3 aliphatic heterocycles. The van der Waals surface area contributed by atoms with Gasteiger partial charge in [0.25, 0.3) is 11.8 Å². The van der Waals surface area contributed by atoms with E-state index in [1.54, 1.807) is 6.92 Å². The number of aromatic nitrogens is 1. The molecule has 0 unspecified atom stereocenters. The highest BCUT2D eigenvalue weighted by atomic mass is 31.2. The summed E-state index contributed by atoms with van der Waals surface area (Å²) in [7, 11) is -4.95. The number of oxime groups is 1. The highest BCUT2D eigenvalue weighted by Crippen LogP contribution is 2.46. The molecule has 1 aromatic carbocycles. The van der Waals surface area contributed by atoms with Crippen LogP contribution < -0.4 is 15.5 Å². The number of carbonyl (C=O) groups is 4. The summed E-state index contributed by atoms with van der Waals surface area (Å²) in [5.74, 6) is -5.64. The molecular formula is C30H34F2N5O13P. The summed E-state index contributed by atoms with van der Waals surface area (Å²) in [5, 5.41) is 15.7. The first-order valence-electron chi connectivity index (χ1n) is 15.5. The first kappa shape index (κ1) is 37.3. The number of carboxylic acid groups (broad SMARTS) is 1. The fourth-order valence-electron chi connectivity index (χ4n) is 6.24. The molecule has 3 atom stereocenters. The third kappa shape index (κ3) is 8.19. The smallest absolute Gasteiger partial charge is 0.469 e. The van der Waals surface area contributed by atoms with E-state index in [2.05, 4.69) is 15.0 Å². The minimum absolute atomic E-state index is 0.0854. The highest BCUT2D eigenvalue weighted by molar-refractivity contribution is 7.46. The quantitative estimate of drug-likeness (QED) is 0.179. The predicted molar refractivity (Wildman–Crippen MR) is 168 cm³/mol. The fraction of sp³-hybridized carbons (Fsp3) is 0.467. The largest absolute Gasteiger partial charge is 0.480 e. The maximum absolute atomic E-state index is 14.3. The number of amides is 3. The van der Waals surface area contributed by atoms with Gasteiger partial charge >= 0.3 is 19.9 Å². The molecule has 276 valence electrons. The van der Waals surface area contributed by atoms with Crippen LogP contribution in [-0.4, -0.2) is 104 Å². The number of nitrogens with zero attached hydrogens (tertiary/aromatic N) is 4. The van der Waals surface area contributed by atoms with Crippen molar-refractivity contribution in [2.45, 2.75) is 57.3 Å². The van der Waals surface area contributed by atoms with Crippen LogP contribution in [0.15, 0.2) is 34.3 Å². The van der Waals surface area contributed by atoms with Gasteiger partial charge in [0.1, 0.15) is 23.7 Å². The number of rotatable bonds is 12. The van der Waals surface area contributed by atoms with E-state index in [1.807, 2.05) is 6.92 Å². The normalized spacial score (nSPS) is 20.9. The molecule has 21 heteroatoms. The molecule has 2 aromatic rings. The molecule has 0 aliphatic carbocycles. The zero-order valence-electron chi connectivity index (χ0n) is 27.2. The van der Waals surface area contributed by atoms with Gasteiger partial charge in [-0.3, -0.25) is 28.6 Å². The Morgan fingerprint density at radius 2 is 1.98 bits per heavy atom. The first-order valence-corrected chi connectivity index (χ1v) is 17.0. The van der Waals surface area contributed by atoms with Crippen LogP contribution in [0.4, 0.5) is 13.6 Å². The van der Waals surface area contributed by atoms with Crippen molar-refractivity contribution in [3.05, 3.63) is 63.1 Å². The average Bonchev–Trinajstić information content (AvgIpc) is 3.38. The van der Waals surface area contributed by atoms with Gasteiger partial charge < -0.3 is 44.0 Å². The molecule has 1 aromatic heterocycles. The van der Waals surface area contributed by atoms with Crippen molar-refractivity contribution in [2.75, 3.05) is 33.0 Å². The van der Waals surface area contributed by atoms with E-state index in [0.29, 0.717) is 35.9 Å². The Kier molecular flexibility index (Phi) is 10.8. The van der Waals surface area contributed by atoms with Gasteiger partial charge in [0.15, 0.2) is 11.3 Å². The second-order valence-corrected chi connectivity index (χ2v) is 13.4. The number of nitrogens with one attached hydrogen (secondary N) is 1. The number of carboxylic acids is 1. The van der Waals surface area contributed by atoms with Crippen LogP contribution in [-0.2, 0) is 30.0 Å². The number of phosphoric acid groups is 1. The van der Waals surface area contributed by atoms with Crippen LogP contribution in [0, 0.1) is 11.6 Å². The minimum Gasteiger partial charge on any atom is -0.480 e. The maximum atomic E-state index is 14.3. The van der Waals surface area contributed by atoms with Gasteiger partial charge in [-0.15, -0.1) is 0 Å². The highest BCUT2D eigenvalue weighted by Gasteiger charge is 2.54. The first-order chi connectivity index (χ1) is 24.0. The Bertz CT molecular complexity index is 1880. The zero-order chi connectivity index (χ0) is 37.2. The summed E-state index contributed by atoms with van der Waals surface area (Å²) in [5.41, 5.74) is -2.35. The Morgan fingerprint density at radius 3 is 2.63 bits per heavy atom. The number of pyridine rings is 1. The van der Waals surface area contributed by atoms with E-state index in [0.717, 1.165) is 18.3 Å². The summed E-state index contributed by atoms with van der Waals surface area (Å²) in [6, 6.07) is 1.70. The SMILES string of the molecule is CC1=NO[C@@]2(CC[C@H](C)N3C[C@H]2n2cc(C(=O)NCc4ccc(F)cc4F)c(=O)c(OCOC(=O)N(CCOP(=O)(O)O)CC(=O)O)c2C3=O)C1. The van der Waals surface area contributed by atoms with E-state index >= 15 is 0 Å². The van der Waals surface area contributed by atoms with Gasteiger partial charge in [0.2, 0.25) is 18.0 Å². The Labute approximate surface area is 287 Å². The molecule has 0 radical (unpaired) electrons. The van der Waals surface area contributed by atoms with Crippen molar-refractivity contribution in [1.82, 2.24) is 19.7 Å². The van der Waals surface area contributed by atoms with E-state index < -0.39 is 105 Å². The zero-order valence-corrected chi connectivity index (χ0v) is 28.1. The number of phosphoric ester groups is 1. The lowest BCUT2D eigenvalue weighted by Gasteiger charge is -2.42. The minimum atomic E-state index is -4.95. The van der Waals surface area contributed by atoms with E-state index in [-0.39, 0.29) is 23.8 Å². The molecule has 18 nitrogen and oxygen atoms in total. The van der Waals surface area contributed by atoms with Crippen molar-refractivity contribution in [2.24, 2.45) is 5.16 Å². The third-order valence-corrected chi connectivity index (χ3v) is 9.23. The summed E-state index contributed by atoms with van der Waals surface area (Å²) in [6.07, 6.45) is 1.12. The molecule has 4 heterocycles. The Hall–Kier alpha value is -4.91. The summed E-state index contributed by atoms with van der Waals surface area (Å²) in [6.45, 7) is -0.204. The second-order valence-electron chi connectivity index (χ2n) is 12.2. The maximum Gasteiger partial charge on any atom is 0.469 e. The Morgan fingerprint density at radius 1 is 1.24 bits per heavy atom. The Balaban J connectivity index is 1.49. The molecule has 0 saturated carbocycles. The van der Waals surface area contributed by atoms with Crippen LogP contribution >= 0.6 is 7.82 Å². The average molecular weight is 742 g/mol. The van der Waals surface area contributed by atoms with Crippen LogP contribution in [0.3, 0.4) is 0 Å². The molecule has 1 saturated heterocycles. The van der Waals surface area contributed by atoms with Crippen LogP contribution in [0.2, 0.25) is 0 Å². The van der Waals surface area contributed by atoms with Crippen molar-refractivity contribution in [3.63, 3.8) is 0 Å². The lowest BCUT2D eigenvalue weighted by molar-refractivity contribution is -0.138. The standard InChI is InChI=1S/C30H34F2N5O13P/c1-16-10-30(50-34-16)6-5-17(2)36-13-22(30)37-12-20(27(41)33-11-18-3-4-19(31)9-21(18)32)25(40)26(24(37)28(36)42)47-15-48-29(43)35(14-23(38)39)7-8-49-51(44,45)46/h3-4,9,12,17,22H,5-8,10-11,13-15H2,1-2H3,(H,33,41)(H,38,39)(H2,44,45,46)/t17-,22+,30-/m0/s1. The predicted octanol–water partition coefficient (Wildman–Crippen LogP) is 1.74. The van der Waals surface area contributed by atoms with Gasteiger partial charge in [-0.05, 0) is 32.8 Å². The molecule has 3 amide bonds.